The maximum Gasteiger partial charge on any atom is 0.335 e. The minimum Gasteiger partial charge on any atom is -0.478 e. The normalized spacial score (nSPS) is 12.5. The Morgan fingerprint density at radius 2 is 1.41 bits per heavy atom. The molecule has 0 aliphatic rings. The van der Waals surface area contributed by atoms with Gasteiger partial charge in [0.25, 0.3) is 18.2 Å². The first-order valence-electron chi connectivity index (χ1n) is 10.8. The highest BCUT2D eigenvalue weighted by atomic mass is 19.3. The lowest BCUT2D eigenvalue weighted by molar-refractivity contribution is -0.138. The molecule has 0 aliphatic heterocycles. The van der Waals surface area contributed by atoms with Gasteiger partial charge in [0, 0.05) is 23.6 Å². The summed E-state index contributed by atoms with van der Waals surface area (Å²) in [5.74, 6) is 6.62. The molecule has 0 saturated carbocycles. The van der Waals surface area contributed by atoms with Crippen molar-refractivity contribution < 1.29 is 38.3 Å². The summed E-state index contributed by atoms with van der Waals surface area (Å²) in [5.41, 5.74) is -0.0283. The molecule has 0 bridgehead atoms. The fourth-order valence-corrected chi connectivity index (χ4v) is 3.34. The van der Waals surface area contributed by atoms with Crippen molar-refractivity contribution in [2.45, 2.75) is 38.3 Å². The predicted molar refractivity (Wildman–Crippen MR) is 128 cm³/mol. The molecule has 0 aliphatic carbocycles. The van der Waals surface area contributed by atoms with E-state index in [1.165, 1.54) is 48.8 Å². The lowest BCUT2D eigenvalue weighted by atomic mass is 9.86. The van der Waals surface area contributed by atoms with E-state index in [4.69, 9.17) is 10.3 Å². The number of alkyl halides is 2. The average molecular weight is 511 g/mol. The van der Waals surface area contributed by atoms with Gasteiger partial charge in [0.2, 0.25) is 5.91 Å². The Kier molecular flexibility index (Phi) is 9.87. The standard InChI is InChI=1S/C26H23F2N3O6/c1-3-26(25(27)28,30-16(2)32)21(23(34)31-37)29-22(33)19-12-8-17(9-13-19)6-4-5-7-18-10-14-20(15-11-18)24(35)36/h8-15,21,25,37H,3H2,1-2H3,(H,29,33)(H,30,32)(H,31,34)(H,35,36). The molecule has 2 atom stereocenters. The maximum absolute atomic E-state index is 14.0. The first-order chi connectivity index (χ1) is 17.5. The number of hydroxylamine groups is 1. The molecule has 2 unspecified atom stereocenters. The summed E-state index contributed by atoms with van der Waals surface area (Å²) in [6.45, 7) is 2.29. The number of hydrogen-bond donors (Lipinski definition) is 5. The molecule has 37 heavy (non-hydrogen) atoms. The Hall–Kier alpha value is -4.74. The van der Waals surface area contributed by atoms with Crippen LogP contribution in [0.25, 0.3) is 0 Å². The number of halogens is 2. The molecule has 0 fully saturated rings. The van der Waals surface area contributed by atoms with Gasteiger partial charge >= 0.3 is 5.97 Å². The van der Waals surface area contributed by atoms with Crippen LogP contribution in [-0.4, -0.2) is 52.0 Å². The fourth-order valence-electron chi connectivity index (χ4n) is 3.34. The average Bonchev–Trinajstić information content (AvgIpc) is 2.88. The highest BCUT2D eigenvalue weighted by Gasteiger charge is 2.50. The van der Waals surface area contributed by atoms with E-state index in [2.05, 4.69) is 29.0 Å². The van der Waals surface area contributed by atoms with E-state index in [0.29, 0.717) is 11.1 Å². The molecule has 2 rings (SSSR count). The third kappa shape index (κ3) is 7.37. The highest BCUT2D eigenvalue weighted by molar-refractivity contribution is 5.98. The predicted octanol–water partition coefficient (Wildman–Crippen LogP) is 1.94. The molecule has 11 heteroatoms. The molecule has 0 spiro atoms. The van der Waals surface area contributed by atoms with Crippen LogP contribution in [0, 0.1) is 23.7 Å². The molecule has 5 N–H and O–H groups in total. The van der Waals surface area contributed by atoms with Crippen molar-refractivity contribution in [3.05, 3.63) is 70.8 Å². The van der Waals surface area contributed by atoms with Gasteiger partial charge in [-0.3, -0.25) is 19.6 Å². The van der Waals surface area contributed by atoms with Crippen molar-refractivity contribution in [3.63, 3.8) is 0 Å². The molecule has 0 saturated heterocycles. The largest absolute Gasteiger partial charge is 0.478 e. The van der Waals surface area contributed by atoms with Gasteiger partial charge in [-0.25, -0.2) is 19.1 Å². The Balaban J connectivity index is 2.19. The van der Waals surface area contributed by atoms with Gasteiger partial charge in [-0.15, -0.1) is 0 Å². The number of nitrogens with one attached hydrogen (secondary N) is 3. The molecule has 2 aromatic rings. The SMILES string of the molecule is CCC(NC(C)=O)(C(F)F)C(NC(=O)c1ccc(C#CC#Cc2ccc(C(=O)O)cc2)cc1)C(=O)NO. The number of hydrogen-bond acceptors (Lipinski definition) is 5. The smallest absolute Gasteiger partial charge is 0.335 e. The molecular weight excluding hydrogens is 488 g/mol. The Morgan fingerprint density at radius 1 is 0.919 bits per heavy atom. The van der Waals surface area contributed by atoms with Crippen molar-refractivity contribution in [2.75, 3.05) is 0 Å². The van der Waals surface area contributed by atoms with Gasteiger partial charge in [-0.05, 0) is 66.8 Å². The lowest BCUT2D eigenvalue weighted by Crippen LogP contribution is -2.69. The van der Waals surface area contributed by atoms with Crippen LogP contribution in [0.3, 0.4) is 0 Å². The monoisotopic (exact) mass is 511 g/mol. The van der Waals surface area contributed by atoms with E-state index in [-0.39, 0.29) is 11.1 Å². The van der Waals surface area contributed by atoms with Gasteiger partial charge < -0.3 is 15.7 Å². The van der Waals surface area contributed by atoms with Crippen molar-refractivity contribution in [3.8, 4) is 23.7 Å². The molecule has 0 heterocycles. The highest BCUT2D eigenvalue weighted by Crippen LogP contribution is 2.25. The van der Waals surface area contributed by atoms with Crippen molar-refractivity contribution in [1.29, 1.82) is 0 Å². The zero-order valence-corrected chi connectivity index (χ0v) is 19.8. The second-order valence-electron chi connectivity index (χ2n) is 7.72. The van der Waals surface area contributed by atoms with E-state index in [1.54, 1.807) is 12.1 Å². The van der Waals surface area contributed by atoms with E-state index in [9.17, 15) is 28.0 Å². The second kappa shape index (κ2) is 12.8. The van der Waals surface area contributed by atoms with Crippen molar-refractivity contribution in [2.24, 2.45) is 0 Å². The van der Waals surface area contributed by atoms with Gasteiger partial charge in [0.1, 0.15) is 11.6 Å². The minimum atomic E-state index is -3.25. The van der Waals surface area contributed by atoms with Crippen LogP contribution in [0.5, 0.6) is 0 Å². The molecule has 3 amide bonds. The molecule has 2 aromatic carbocycles. The van der Waals surface area contributed by atoms with Gasteiger partial charge in [-0.1, -0.05) is 18.8 Å². The first kappa shape index (κ1) is 28.5. The molecule has 0 radical (unpaired) electrons. The summed E-state index contributed by atoms with van der Waals surface area (Å²) in [4.78, 5) is 47.3. The summed E-state index contributed by atoms with van der Waals surface area (Å²) in [5, 5.41) is 22.1. The molecular formula is C26H23F2N3O6. The quantitative estimate of drug-likeness (QED) is 0.208. The van der Waals surface area contributed by atoms with Crippen molar-refractivity contribution in [1.82, 2.24) is 16.1 Å². The third-order valence-electron chi connectivity index (χ3n) is 5.30. The molecule has 0 aromatic heterocycles. The van der Waals surface area contributed by atoms with Gasteiger partial charge in [0.15, 0.2) is 0 Å². The summed E-state index contributed by atoms with van der Waals surface area (Å²) < 4.78 is 28.0. The number of aromatic carboxylic acids is 1. The Bertz CT molecular complexity index is 1290. The molecule has 192 valence electrons. The van der Waals surface area contributed by atoms with Crippen LogP contribution in [0.2, 0.25) is 0 Å². The first-order valence-corrected chi connectivity index (χ1v) is 10.8. The van der Waals surface area contributed by atoms with E-state index < -0.39 is 48.1 Å². The topological polar surface area (TPSA) is 145 Å². The summed E-state index contributed by atoms with van der Waals surface area (Å²) in [6, 6.07) is 9.57. The maximum atomic E-state index is 14.0. The Morgan fingerprint density at radius 3 is 1.78 bits per heavy atom. The number of carboxylic acids is 1. The Labute approximate surface area is 211 Å². The summed E-state index contributed by atoms with van der Waals surface area (Å²) in [6.07, 6.45) is -3.68. The summed E-state index contributed by atoms with van der Waals surface area (Å²) in [7, 11) is 0. The van der Waals surface area contributed by atoms with E-state index in [0.717, 1.165) is 6.92 Å². The van der Waals surface area contributed by atoms with Crippen LogP contribution < -0.4 is 16.1 Å². The second-order valence-corrected chi connectivity index (χ2v) is 7.72. The third-order valence-corrected chi connectivity index (χ3v) is 5.30. The zero-order chi connectivity index (χ0) is 27.6. The van der Waals surface area contributed by atoms with Crippen LogP contribution in [0.1, 0.15) is 52.1 Å². The van der Waals surface area contributed by atoms with Crippen LogP contribution >= 0.6 is 0 Å². The minimum absolute atomic E-state index is 0.00740. The van der Waals surface area contributed by atoms with Gasteiger partial charge in [0.05, 0.1) is 5.56 Å². The van der Waals surface area contributed by atoms with Gasteiger partial charge in [-0.2, -0.15) is 0 Å². The lowest BCUT2D eigenvalue weighted by Gasteiger charge is -2.38. The number of carbonyl (C=O) groups excluding carboxylic acids is 3. The fraction of sp³-hybridized carbons (Fsp3) is 0.231. The van der Waals surface area contributed by atoms with Crippen LogP contribution in [-0.2, 0) is 9.59 Å². The zero-order valence-electron chi connectivity index (χ0n) is 19.8. The number of carbonyl (C=O) groups is 4. The van der Waals surface area contributed by atoms with Crippen LogP contribution in [0.4, 0.5) is 8.78 Å². The van der Waals surface area contributed by atoms with E-state index in [1.807, 2.05) is 5.32 Å². The molecule has 9 nitrogen and oxygen atoms in total. The number of rotatable bonds is 8. The number of amides is 3. The summed E-state index contributed by atoms with van der Waals surface area (Å²) >= 11 is 0. The van der Waals surface area contributed by atoms with Crippen LogP contribution in [0.15, 0.2) is 48.5 Å². The van der Waals surface area contributed by atoms with E-state index >= 15 is 0 Å². The van der Waals surface area contributed by atoms with Crippen molar-refractivity contribution >= 4 is 23.7 Å². The number of carboxylic acid groups (broad SMARTS) is 1. The number of benzene rings is 2.